The van der Waals surface area contributed by atoms with Gasteiger partial charge in [0.05, 0.1) is 5.69 Å². The number of aryl methyl sites for hydroxylation is 1. The van der Waals surface area contributed by atoms with Gasteiger partial charge in [0.15, 0.2) is 5.69 Å². The van der Waals surface area contributed by atoms with E-state index in [2.05, 4.69) is 40.4 Å². The van der Waals surface area contributed by atoms with Gasteiger partial charge in [0, 0.05) is 48.0 Å². The maximum atomic E-state index is 12.7. The van der Waals surface area contributed by atoms with E-state index < -0.39 is 0 Å². The van der Waals surface area contributed by atoms with Crippen molar-refractivity contribution in [2.45, 2.75) is 49.3 Å². The highest BCUT2D eigenvalue weighted by Crippen LogP contribution is 2.42. The van der Waals surface area contributed by atoms with E-state index >= 15 is 0 Å². The van der Waals surface area contributed by atoms with Crippen molar-refractivity contribution in [2.75, 3.05) is 19.6 Å². The van der Waals surface area contributed by atoms with Crippen LogP contribution in [-0.2, 0) is 12.8 Å². The highest BCUT2D eigenvalue weighted by molar-refractivity contribution is 7.98. The van der Waals surface area contributed by atoms with Gasteiger partial charge in [-0.25, -0.2) is 0 Å². The Labute approximate surface area is 165 Å². The van der Waals surface area contributed by atoms with Gasteiger partial charge in [-0.3, -0.25) is 9.48 Å². The summed E-state index contributed by atoms with van der Waals surface area (Å²) < 4.78 is 1.86. The number of hydrogen-bond donors (Lipinski definition) is 1. The van der Waals surface area contributed by atoms with Gasteiger partial charge in [-0.15, -0.1) is 11.8 Å². The summed E-state index contributed by atoms with van der Waals surface area (Å²) in [5.74, 6) is 0.757. The first kappa shape index (κ1) is 18.6. The molecule has 0 radical (unpaired) electrons. The van der Waals surface area contributed by atoms with Crippen LogP contribution in [0.5, 0.6) is 0 Å². The van der Waals surface area contributed by atoms with Crippen LogP contribution in [0, 0.1) is 0 Å². The fourth-order valence-corrected chi connectivity index (χ4v) is 5.29. The van der Waals surface area contributed by atoms with Crippen molar-refractivity contribution in [1.29, 1.82) is 0 Å². The minimum Gasteiger partial charge on any atom is -0.351 e. The molecule has 6 heteroatoms. The Morgan fingerprint density at radius 1 is 1.33 bits per heavy atom. The number of benzene rings is 1. The van der Waals surface area contributed by atoms with E-state index in [1.807, 2.05) is 17.8 Å². The molecule has 4 rings (SSSR count). The summed E-state index contributed by atoms with van der Waals surface area (Å²) in [7, 11) is 1.93. The summed E-state index contributed by atoms with van der Waals surface area (Å²) >= 11 is 1.78. The van der Waals surface area contributed by atoms with Crippen LogP contribution in [0.25, 0.3) is 11.3 Å². The van der Waals surface area contributed by atoms with E-state index in [0.717, 1.165) is 30.0 Å². The summed E-state index contributed by atoms with van der Waals surface area (Å²) in [6.45, 7) is 5.27. The molecule has 1 amide bonds. The minimum absolute atomic E-state index is 0.0430. The first-order chi connectivity index (χ1) is 13.1. The average Bonchev–Trinajstić information content (AvgIpc) is 3.03. The predicted molar refractivity (Wildman–Crippen MR) is 110 cm³/mol. The first-order valence-corrected chi connectivity index (χ1v) is 10.9. The number of amides is 1. The van der Waals surface area contributed by atoms with Crippen molar-refractivity contribution >= 4 is 17.7 Å². The molecule has 1 aromatic heterocycles. The lowest BCUT2D eigenvalue weighted by Crippen LogP contribution is -2.39. The molecule has 0 unspecified atom stereocenters. The molecule has 2 aromatic rings. The summed E-state index contributed by atoms with van der Waals surface area (Å²) in [4.78, 5) is 16.6. The van der Waals surface area contributed by atoms with Crippen LogP contribution in [0.4, 0.5) is 0 Å². The molecule has 2 aliphatic heterocycles. The van der Waals surface area contributed by atoms with Gasteiger partial charge in [-0.05, 0) is 38.8 Å². The predicted octanol–water partition coefficient (Wildman–Crippen LogP) is 3.69. The topological polar surface area (TPSA) is 50.2 Å². The zero-order chi connectivity index (χ0) is 18.8. The van der Waals surface area contributed by atoms with Crippen LogP contribution in [-0.4, -0.2) is 46.3 Å². The molecular formula is C21H28N4OS. The quantitative estimate of drug-likeness (QED) is 0.799. The van der Waals surface area contributed by atoms with E-state index in [1.54, 1.807) is 11.8 Å². The lowest BCUT2D eigenvalue weighted by Gasteiger charge is -2.33. The molecule has 1 atom stereocenters. The molecule has 0 bridgehead atoms. The van der Waals surface area contributed by atoms with Gasteiger partial charge in [-0.1, -0.05) is 24.6 Å². The molecule has 144 valence electrons. The summed E-state index contributed by atoms with van der Waals surface area (Å²) in [5, 5.41) is 7.64. The second-order valence-corrected chi connectivity index (χ2v) is 8.59. The van der Waals surface area contributed by atoms with Gasteiger partial charge in [0.2, 0.25) is 0 Å². The van der Waals surface area contributed by atoms with E-state index in [9.17, 15) is 4.79 Å². The van der Waals surface area contributed by atoms with Crippen molar-refractivity contribution in [3.63, 3.8) is 0 Å². The molecule has 1 saturated heterocycles. The summed E-state index contributed by atoms with van der Waals surface area (Å²) in [6, 6.07) is 9.03. The van der Waals surface area contributed by atoms with Crippen LogP contribution in [0.3, 0.4) is 0 Å². The number of fused-ring (bicyclic) bond motifs is 3. The third-order valence-electron chi connectivity index (χ3n) is 5.72. The van der Waals surface area contributed by atoms with E-state index in [4.69, 9.17) is 0 Å². The molecule has 27 heavy (non-hydrogen) atoms. The highest BCUT2D eigenvalue weighted by atomic mass is 32.2. The van der Waals surface area contributed by atoms with E-state index in [0.29, 0.717) is 18.3 Å². The van der Waals surface area contributed by atoms with Crippen LogP contribution in [0.15, 0.2) is 29.2 Å². The van der Waals surface area contributed by atoms with Crippen LogP contribution in [0.2, 0.25) is 0 Å². The molecule has 3 heterocycles. The Bertz CT molecular complexity index is 832. The van der Waals surface area contributed by atoms with Gasteiger partial charge >= 0.3 is 0 Å². The van der Waals surface area contributed by atoms with Crippen molar-refractivity contribution in [3.05, 3.63) is 35.5 Å². The van der Waals surface area contributed by atoms with E-state index in [1.165, 1.54) is 36.3 Å². The van der Waals surface area contributed by atoms with Crippen LogP contribution >= 0.6 is 11.8 Å². The zero-order valence-electron chi connectivity index (χ0n) is 16.2. The molecule has 1 N–H and O–H groups in total. The Balaban J connectivity index is 1.39. The van der Waals surface area contributed by atoms with Crippen molar-refractivity contribution in [2.24, 2.45) is 7.05 Å². The smallest absolute Gasteiger partial charge is 0.272 e. The van der Waals surface area contributed by atoms with Gasteiger partial charge in [0.25, 0.3) is 5.91 Å². The van der Waals surface area contributed by atoms with Crippen molar-refractivity contribution in [1.82, 2.24) is 20.0 Å². The van der Waals surface area contributed by atoms with Gasteiger partial charge in [0.1, 0.15) is 0 Å². The SMILES string of the molecule is C[C@H]1CCCCN1CCCNC(=O)c1nn(C)c2c1CSc1ccccc1-2. The maximum Gasteiger partial charge on any atom is 0.272 e. The monoisotopic (exact) mass is 384 g/mol. The van der Waals surface area contributed by atoms with Crippen molar-refractivity contribution in [3.8, 4) is 11.3 Å². The van der Waals surface area contributed by atoms with E-state index in [-0.39, 0.29) is 5.91 Å². The number of carbonyl (C=O) groups excluding carboxylic acids is 1. The number of nitrogens with zero attached hydrogens (tertiary/aromatic N) is 3. The zero-order valence-corrected chi connectivity index (χ0v) is 17.0. The molecular weight excluding hydrogens is 356 g/mol. The van der Waals surface area contributed by atoms with Gasteiger partial charge < -0.3 is 10.2 Å². The number of likely N-dealkylation sites (tertiary alicyclic amines) is 1. The fourth-order valence-electron chi connectivity index (χ4n) is 4.22. The lowest BCUT2D eigenvalue weighted by atomic mass is 10.0. The number of piperidine rings is 1. The number of nitrogens with one attached hydrogen (secondary N) is 1. The minimum atomic E-state index is -0.0430. The maximum absolute atomic E-state index is 12.7. The summed E-state index contributed by atoms with van der Waals surface area (Å²) in [5.41, 5.74) is 3.90. The Hall–Kier alpha value is -1.79. The third-order valence-corrected chi connectivity index (χ3v) is 6.82. The molecule has 5 nitrogen and oxygen atoms in total. The Morgan fingerprint density at radius 3 is 3.04 bits per heavy atom. The second kappa shape index (κ2) is 8.07. The number of carbonyl (C=O) groups is 1. The molecule has 0 saturated carbocycles. The third kappa shape index (κ3) is 3.78. The fraction of sp³-hybridized carbons (Fsp3) is 0.524. The lowest BCUT2D eigenvalue weighted by molar-refractivity contribution is 0.0942. The Morgan fingerprint density at radius 2 is 2.19 bits per heavy atom. The second-order valence-electron chi connectivity index (χ2n) is 7.57. The highest BCUT2D eigenvalue weighted by Gasteiger charge is 2.27. The molecule has 2 aliphatic rings. The first-order valence-electron chi connectivity index (χ1n) is 9.95. The summed E-state index contributed by atoms with van der Waals surface area (Å²) in [6.07, 6.45) is 4.94. The van der Waals surface area contributed by atoms with Gasteiger partial charge in [-0.2, -0.15) is 5.10 Å². The standard InChI is InChI=1S/C21H28N4OS/c1-15-8-5-6-12-25(15)13-7-11-22-21(26)19-17-14-27-18-10-4-3-9-16(18)20(17)24(2)23-19/h3-4,9-10,15H,5-8,11-14H2,1-2H3,(H,22,26)/t15-/m0/s1. The average molecular weight is 385 g/mol. The number of hydrogen-bond acceptors (Lipinski definition) is 4. The number of thioether (sulfide) groups is 1. The molecule has 0 aliphatic carbocycles. The normalized spacial score (nSPS) is 19.4. The number of rotatable bonds is 5. The van der Waals surface area contributed by atoms with Crippen LogP contribution < -0.4 is 5.32 Å². The number of aromatic nitrogens is 2. The molecule has 1 aromatic carbocycles. The van der Waals surface area contributed by atoms with Crippen molar-refractivity contribution < 1.29 is 4.79 Å². The molecule has 1 fully saturated rings. The van der Waals surface area contributed by atoms with Crippen LogP contribution in [0.1, 0.15) is 48.7 Å². The molecule has 0 spiro atoms. The largest absolute Gasteiger partial charge is 0.351 e. The Kier molecular flexibility index (Phi) is 5.55.